The van der Waals surface area contributed by atoms with Gasteiger partial charge >= 0.3 is 0 Å². The number of rotatable bonds is 4. The average Bonchev–Trinajstić information content (AvgIpc) is 2.99. The van der Waals surface area contributed by atoms with Crippen molar-refractivity contribution in [2.45, 2.75) is 33.3 Å². The van der Waals surface area contributed by atoms with Crippen molar-refractivity contribution in [1.82, 2.24) is 14.9 Å². The first-order valence-electron chi connectivity index (χ1n) is 11.0. The molecule has 2 aromatic carbocycles. The molecule has 5 rings (SSSR count). The number of nitrogens with one attached hydrogen (secondary N) is 2. The molecule has 5 nitrogen and oxygen atoms in total. The van der Waals surface area contributed by atoms with Gasteiger partial charge in [-0.05, 0) is 42.3 Å². The molecule has 2 aromatic heterocycles. The van der Waals surface area contributed by atoms with Crippen LogP contribution in [-0.4, -0.2) is 22.6 Å². The smallest absolute Gasteiger partial charge is 0.258 e. The van der Waals surface area contributed by atoms with Gasteiger partial charge in [-0.2, -0.15) is 0 Å². The highest BCUT2D eigenvalue weighted by molar-refractivity contribution is 5.86. The molecule has 0 radical (unpaired) electrons. The van der Waals surface area contributed by atoms with Crippen molar-refractivity contribution in [3.63, 3.8) is 0 Å². The minimum absolute atomic E-state index is 0.104. The van der Waals surface area contributed by atoms with Gasteiger partial charge in [0.2, 0.25) is 0 Å². The zero-order valence-electron chi connectivity index (χ0n) is 18.2. The van der Waals surface area contributed by atoms with Crippen LogP contribution in [0.4, 0.5) is 0 Å². The number of ether oxygens (including phenoxy) is 1. The van der Waals surface area contributed by atoms with Crippen LogP contribution < -0.4 is 15.6 Å². The molecule has 0 atom stereocenters. The van der Waals surface area contributed by atoms with E-state index in [9.17, 15) is 4.79 Å². The average molecular weight is 416 g/mol. The molecule has 0 amide bonds. The van der Waals surface area contributed by atoms with Gasteiger partial charge in [-0.3, -0.25) is 9.36 Å². The van der Waals surface area contributed by atoms with E-state index >= 15 is 0 Å². The second kappa shape index (κ2) is 9.67. The molecular weight excluding hydrogens is 386 g/mol. The zero-order chi connectivity index (χ0) is 21.6. The van der Waals surface area contributed by atoms with Gasteiger partial charge in [0.15, 0.2) is 0 Å². The lowest BCUT2D eigenvalue weighted by Gasteiger charge is -2.09. The van der Waals surface area contributed by atoms with Crippen molar-refractivity contribution in [2.75, 3.05) is 13.1 Å². The van der Waals surface area contributed by atoms with Crippen LogP contribution in [0.2, 0.25) is 0 Å². The molecule has 0 spiro atoms. The Kier molecular flexibility index (Phi) is 6.53. The maximum atomic E-state index is 12.7. The highest BCUT2D eigenvalue weighted by Gasteiger charge is 2.14. The molecule has 160 valence electrons. The largest absolute Gasteiger partial charge is 0.489 e. The van der Waals surface area contributed by atoms with Crippen molar-refractivity contribution in [2.24, 2.45) is 0 Å². The fraction of sp³-hybridized carbons (Fsp3) is 0.269. The summed E-state index contributed by atoms with van der Waals surface area (Å²) in [6.45, 7) is 6.45. The number of fused-ring (bicyclic) bond motifs is 3. The van der Waals surface area contributed by atoms with Crippen LogP contribution >= 0.6 is 0 Å². The summed E-state index contributed by atoms with van der Waals surface area (Å²) in [6, 6.07) is 19.5. The Labute approximate surface area is 182 Å². The Morgan fingerprint density at radius 1 is 0.968 bits per heavy atom. The monoisotopic (exact) mass is 415 g/mol. The summed E-state index contributed by atoms with van der Waals surface area (Å²) >= 11 is 0. The molecule has 4 aromatic rings. The second-order valence-electron chi connectivity index (χ2n) is 7.41. The maximum absolute atomic E-state index is 12.7. The lowest BCUT2D eigenvalue weighted by molar-refractivity contribution is 0.305. The number of hydrogen-bond donors (Lipinski definition) is 2. The third-order valence-corrected chi connectivity index (χ3v) is 5.50. The van der Waals surface area contributed by atoms with Crippen molar-refractivity contribution in [3.8, 4) is 11.4 Å². The van der Waals surface area contributed by atoms with Gasteiger partial charge in [-0.15, -0.1) is 0 Å². The SMILES string of the molecule is CC.O=c1cc(OCc2ccccc2)ccn1-c1ccc2c3c([nH]c2c1)CCNCC3. The Morgan fingerprint density at radius 2 is 1.77 bits per heavy atom. The molecule has 5 heteroatoms. The molecule has 1 aliphatic heterocycles. The van der Waals surface area contributed by atoms with Gasteiger partial charge < -0.3 is 15.0 Å². The minimum atomic E-state index is -0.104. The van der Waals surface area contributed by atoms with E-state index in [-0.39, 0.29) is 5.56 Å². The Balaban J connectivity index is 0.00000112. The number of H-pyrrole nitrogens is 1. The predicted octanol–water partition coefficient (Wildman–Crippen LogP) is 4.61. The first-order valence-corrected chi connectivity index (χ1v) is 11.0. The quantitative estimate of drug-likeness (QED) is 0.512. The third kappa shape index (κ3) is 4.57. The predicted molar refractivity (Wildman–Crippen MR) is 126 cm³/mol. The van der Waals surface area contributed by atoms with Crippen LogP contribution in [0.15, 0.2) is 71.7 Å². The van der Waals surface area contributed by atoms with Crippen molar-refractivity contribution < 1.29 is 4.74 Å². The zero-order valence-corrected chi connectivity index (χ0v) is 18.2. The van der Waals surface area contributed by atoms with Gasteiger partial charge in [0.1, 0.15) is 12.4 Å². The lowest BCUT2D eigenvalue weighted by atomic mass is 10.1. The van der Waals surface area contributed by atoms with Gasteiger partial charge in [-0.1, -0.05) is 50.2 Å². The molecule has 0 fully saturated rings. The van der Waals surface area contributed by atoms with Gasteiger partial charge in [0, 0.05) is 41.8 Å². The first kappa shape index (κ1) is 20.9. The standard InChI is InChI=1S/C24H23N3O2.C2H6/c28-24-15-19(29-16-17-4-2-1-3-5-17)10-13-27(24)18-6-7-20-21-8-11-25-12-9-22(21)26-23(20)14-18;1-2/h1-7,10,13-15,25-26H,8-9,11-12,16H2;1-2H3. The van der Waals surface area contributed by atoms with E-state index in [1.54, 1.807) is 16.8 Å². The molecule has 1 aliphatic rings. The Bertz CT molecular complexity index is 1210. The number of aromatic nitrogens is 2. The molecule has 3 heterocycles. The third-order valence-electron chi connectivity index (χ3n) is 5.50. The number of benzene rings is 2. The fourth-order valence-corrected chi connectivity index (χ4v) is 4.00. The van der Waals surface area contributed by atoms with E-state index < -0.39 is 0 Å². The molecule has 2 N–H and O–H groups in total. The molecule has 0 saturated carbocycles. The van der Waals surface area contributed by atoms with Crippen molar-refractivity contribution >= 4 is 10.9 Å². The molecule has 0 saturated heterocycles. The Morgan fingerprint density at radius 3 is 2.58 bits per heavy atom. The minimum Gasteiger partial charge on any atom is -0.489 e. The molecule has 0 aliphatic carbocycles. The normalized spacial score (nSPS) is 13.1. The fourth-order valence-electron chi connectivity index (χ4n) is 4.00. The molecule has 0 unspecified atom stereocenters. The van der Waals surface area contributed by atoms with Gasteiger partial charge in [0.25, 0.3) is 5.56 Å². The number of hydrogen-bond acceptors (Lipinski definition) is 3. The van der Waals surface area contributed by atoms with E-state index in [1.807, 2.05) is 56.3 Å². The van der Waals surface area contributed by atoms with E-state index in [1.165, 1.54) is 16.6 Å². The molecular formula is C26H29N3O2. The van der Waals surface area contributed by atoms with E-state index in [0.29, 0.717) is 12.4 Å². The van der Waals surface area contributed by atoms with Crippen molar-refractivity contribution in [1.29, 1.82) is 0 Å². The number of nitrogens with zero attached hydrogens (tertiary/aromatic N) is 1. The van der Waals surface area contributed by atoms with Gasteiger partial charge in [-0.25, -0.2) is 0 Å². The summed E-state index contributed by atoms with van der Waals surface area (Å²) in [6.07, 6.45) is 3.82. The summed E-state index contributed by atoms with van der Waals surface area (Å²) in [7, 11) is 0. The van der Waals surface area contributed by atoms with E-state index in [2.05, 4.69) is 22.4 Å². The lowest BCUT2D eigenvalue weighted by Crippen LogP contribution is -2.17. The summed E-state index contributed by atoms with van der Waals surface area (Å²) in [5.41, 5.74) is 5.61. The molecule has 31 heavy (non-hydrogen) atoms. The highest BCUT2D eigenvalue weighted by Crippen LogP contribution is 2.26. The topological polar surface area (TPSA) is 59.0 Å². The maximum Gasteiger partial charge on any atom is 0.258 e. The van der Waals surface area contributed by atoms with Crippen LogP contribution in [0, 0.1) is 0 Å². The highest BCUT2D eigenvalue weighted by atomic mass is 16.5. The first-order chi connectivity index (χ1) is 15.3. The molecule has 0 bridgehead atoms. The van der Waals surface area contributed by atoms with Crippen LogP contribution in [0.25, 0.3) is 16.6 Å². The van der Waals surface area contributed by atoms with Crippen LogP contribution in [0.1, 0.15) is 30.7 Å². The number of aromatic amines is 1. The summed E-state index contributed by atoms with van der Waals surface area (Å²) in [4.78, 5) is 16.2. The van der Waals surface area contributed by atoms with E-state index in [0.717, 1.165) is 42.7 Å². The Hall–Kier alpha value is -3.31. The van der Waals surface area contributed by atoms with Crippen LogP contribution in [0.5, 0.6) is 5.75 Å². The van der Waals surface area contributed by atoms with Crippen LogP contribution in [0.3, 0.4) is 0 Å². The summed E-state index contributed by atoms with van der Waals surface area (Å²) < 4.78 is 7.43. The number of pyridine rings is 1. The van der Waals surface area contributed by atoms with Crippen LogP contribution in [-0.2, 0) is 19.4 Å². The van der Waals surface area contributed by atoms with Crippen molar-refractivity contribution in [3.05, 3.63) is 94.0 Å². The summed E-state index contributed by atoms with van der Waals surface area (Å²) in [5, 5.41) is 4.69. The second-order valence-corrected chi connectivity index (χ2v) is 7.41. The van der Waals surface area contributed by atoms with Gasteiger partial charge in [0.05, 0.1) is 5.69 Å². The van der Waals surface area contributed by atoms with E-state index in [4.69, 9.17) is 4.74 Å². The summed E-state index contributed by atoms with van der Waals surface area (Å²) in [5.74, 6) is 0.579.